The van der Waals surface area contributed by atoms with E-state index in [1.165, 1.54) is 38.5 Å². The number of nitrogens with zero attached hydrogens (tertiary/aromatic N) is 1. The molecule has 0 fully saturated rings. The Hall–Kier alpha value is -0.570. The average Bonchev–Trinajstić information content (AvgIpc) is 2.25. The molecule has 96 valence electrons. The third-order valence-corrected chi connectivity index (χ3v) is 2.80. The van der Waals surface area contributed by atoms with E-state index < -0.39 is 5.97 Å². The second-order valence-corrected chi connectivity index (χ2v) is 4.40. The second kappa shape index (κ2) is 10.9. The Kier molecular flexibility index (Phi) is 10.5. The topological polar surface area (TPSA) is 40.5 Å². The number of carboxylic acid groups (broad SMARTS) is 1. The van der Waals surface area contributed by atoms with Crippen LogP contribution < -0.4 is 0 Å². The summed E-state index contributed by atoms with van der Waals surface area (Å²) in [7, 11) is 0. The molecule has 0 aliphatic rings. The Morgan fingerprint density at radius 1 is 0.938 bits per heavy atom. The zero-order valence-corrected chi connectivity index (χ0v) is 10.9. The fraction of sp³-hybridized carbons (Fsp3) is 0.923. The second-order valence-electron chi connectivity index (χ2n) is 4.40. The summed E-state index contributed by atoms with van der Waals surface area (Å²) in [6.45, 7) is 7.22. The molecule has 0 aliphatic heterocycles. The molecular formula is C13H27NO2. The number of aliphatic carboxylic acids is 1. The van der Waals surface area contributed by atoms with Gasteiger partial charge in [-0.3, -0.25) is 4.79 Å². The summed E-state index contributed by atoms with van der Waals surface area (Å²) in [5.74, 6) is -0.684. The van der Waals surface area contributed by atoms with E-state index in [9.17, 15) is 4.79 Å². The van der Waals surface area contributed by atoms with Gasteiger partial charge in [-0.05, 0) is 25.9 Å². The standard InChI is InChI=1S/C13H27NO2/c1-3-5-7-10-14(11-8-6-4-2)12-9-13(15)16/h3-12H2,1-2H3,(H,15,16). The molecule has 0 spiro atoms. The van der Waals surface area contributed by atoms with E-state index in [0.717, 1.165) is 13.1 Å². The maximum absolute atomic E-state index is 10.5. The molecule has 0 rings (SSSR count). The van der Waals surface area contributed by atoms with Gasteiger partial charge < -0.3 is 10.0 Å². The molecule has 0 aromatic carbocycles. The molecule has 0 saturated carbocycles. The monoisotopic (exact) mass is 229 g/mol. The number of carboxylic acids is 1. The minimum absolute atomic E-state index is 0.276. The predicted octanol–water partition coefficient (Wildman–Crippen LogP) is 3.14. The van der Waals surface area contributed by atoms with Crippen LogP contribution in [0.5, 0.6) is 0 Å². The zero-order chi connectivity index (χ0) is 12.2. The highest BCUT2D eigenvalue weighted by Gasteiger charge is 2.06. The number of hydrogen-bond donors (Lipinski definition) is 1. The summed E-state index contributed by atoms with van der Waals surface area (Å²) >= 11 is 0. The highest BCUT2D eigenvalue weighted by Crippen LogP contribution is 2.03. The van der Waals surface area contributed by atoms with Gasteiger partial charge in [-0.2, -0.15) is 0 Å². The lowest BCUT2D eigenvalue weighted by Gasteiger charge is -2.21. The van der Waals surface area contributed by atoms with Crippen molar-refractivity contribution >= 4 is 5.97 Å². The van der Waals surface area contributed by atoms with Crippen molar-refractivity contribution < 1.29 is 9.90 Å². The Morgan fingerprint density at radius 3 is 1.81 bits per heavy atom. The minimum atomic E-state index is -0.684. The van der Waals surface area contributed by atoms with E-state index in [1.54, 1.807) is 0 Å². The van der Waals surface area contributed by atoms with Crippen LogP contribution in [0.4, 0.5) is 0 Å². The van der Waals surface area contributed by atoms with Crippen molar-refractivity contribution in [3.05, 3.63) is 0 Å². The van der Waals surface area contributed by atoms with Crippen molar-refractivity contribution in [2.45, 2.75) is 58.8 Å². The first-order valence-electron chi connectivity index (χ1n) is 6.64. The first-order valence-corrected chi connectivity index (χ1v) is 6.64. The van der Waals surface area contributed by atoms with E-state index in [0.29, 0.717) is 6.54 Å². The van der Waals surface area contributed by atoms with E-state index in [2.05, 4.69) is 18.7 Å². The predicted molar refractivity (Wildman–Crippen MR) is 67.7 cm³/mol. The molecule has 3 nitrogen and oxygen atoms in total. The maximum atomic E-state index is 10.5. The van der Waals surface area contributed by atoms with Crippen molar-refractivity contribution in [2.24, 2.45) is 0 Å². The fourth-order valence-electron chi connectivity index (χ4n) is 1.76. The fourth-order valence-corrected chi connectivity index (χ4v) is 1.76. The number of unbranched alkanes of at least 4 members (excludes halogenated alkanes) is 4. The van der Waals surface area contributed by atoms with Crippen molar-refractivity contribution in [2.75, 3.05) is 19.6 Å². The molecule has 0 aromatic heterocycles. The van der Waals surface area contributed by atoms with Gasteiger partial charge in [-0.25, -0.2) is 0 Å². The largest absolute Gasteiger partial charge is 0.481 e. The van der Waals surface area contributed by atoms with E-state index >= 15 is 0 Å². The van der Waals surface area contributed by atoms with Crippen LogP contribution in [-0.2, 0) is 4.79 Å². The van der Waals surface area contributed by atoms with Crippen molar-refractivity contribution in [3.8, 4) is 0 Å². The lowest BCUT2D eigenvalue weighted by Crippen LogP contribution is -2.28. The molecule has 0 radical (unpaired) electrons. The number of carbonyl (C=O) groups is 1. The van der Waals surface area contributed by atoms with Crippen LogP contribution in [0.15, 0.2) is 0 Å². The quantitative estimate of drug-likeness (QED) is 0.553. The van der Waals surface area contributed by atoms with Crippen LogP contribution in [0.3, 0.4) is 0 Å². The molecule has 1 N–H and O–H groups in total. The molecule has 0 unspecified atom stereocenters. The zero-order valence-electron chi connectivity index (χ0n) is 10.9. The lowest BCUT2D eigenvalue weighted by molar-refractivity contribution is -0.137. The summed E-state index contributed by atoms with van der Waals surface area (Å²) in [5.41, 5.74) is 0. The molecule has 3 heteroatoms. The molecule has 0 bridgehead atoms. The van der Waals surface area contributed by atoms with Gasteiger partial charge in [0.05, 0.1) is 6.42 Å². The first kappa shape index (κ1) is 15.4. The van der Waals surface area contributed by atoms with Gasteiger partial charge >= 0.3 is 5.97 Å². The highest BCUT2D eigenvalue weighted by atomic mass is 16.4. The van der Waals surface area contributed by atoms with Crippen molar-refractivity contribution in [3.63, 3.8) is 0 Å². The van der Waals surface area contributed by atoms with Gasteiger partial charge in [0.1, 0.15) is 0 Å². The van der Waals surface area contributed by atoms with Crippen LogP contribution in [0.2, 0.25) is 0 Å². The molecule has 0 aliphatic carbocycles. The molecule has 0 atom stereocenters. The van der Waals surface area contributed by atoms with E-state index in [1.807, 2.05) is 0 Å². The minimum Gasteiger partial charge on any atom is -0.481 e. The number of rotatable bonds is 11. The average molecular weight is 229 g/mol. The van der Waals surface area contributed by atoms with Crippen molar-refractivity contribution in [1.82, 2.24) is 4.90 Å². The third-order valence-electron chi connectivity index (χ3n) is 2.80. The first-order chi connectivity index (χ1) is 7.70. The summed E-state index contributed by atoms with van der Waals surface area (Å²) in [4.78, 5) is 12.8. The Morgan fingerprint density at radius 2 is 1.44 bits per heavy atom. The Balaban J connectivity index is 3.71. The van der Waals surface area contributed by atoms with Crippen molar-refractivity contribution in [1.29, 1.82) is 0 Å². The summed E-state index contributed by atoms with van der Waals surface area (Å²) < 4.78 is 0. The molecular weight excluding hydrogens is 202 g/mol. The van der Waals surface area contributed by atoms with Crippen LogP contribution in [0, 0.1) is 0 Å². The van der Waals surface area contributed by atoms with Gasteiger partial charge in [0.15, 0.2) is 0 Å². The summed E-state index contributed by atoms with van der Waals surface area (Å²) in [5, 5.41) is 8.68. The van der Waals surface area contributed by atoms with Gasteiger partial charge in [-0.1, -0.05) is 39.5 Å². The number of hydrogen-bond acceptors (Lipinski definition) is 2. The third kappa shape index (κ3) is 9.97. The molecule has 0 heterocycles. The molecule has 0 amide bonds. The molecule has 16 heavy (non-hydrogen) atoms. The maximum Gasteiger partial charge on any atom is 0.304 e. The van der Waals surface area contributed by atoms with Crippen LogP contribution in [-0.4, -0.2) is 35.6 Å². The lowest BCUT2D eigenvalue weighted by atomic mass is 10.2. The van der Waals surface area contributed by atoms with Gasteiger partial charge in [-0.15, -0.1) is 0 Å². The Bertz CT molecular complexity index is 161. The van der Waals surface area contributed by atoms with Crippen LogP contribution in [0.1, 0.15) is 58.8 Å². The SMILES string of the molecule is CCCCCN(CCCCC)CCC(=O)O. The normalized spacial score (nSPS) is 10.9. The van der Waals surface area contributed by atoms with Crippen LogP contribution in [0.25, 0.3) is 0 Å². The van der Waals surface area contributed by atoms with E-state index in [4.69, 9.17) is 5.11 Å². The summed E-state index contributed by atoms with van der Waals surface area (Å²) in [6, 6.07) is 0. The summed E-state index contributed by atoms with van der Waals surface area (Å²) in [6.07, 6.45) is 7.61. The van der Waals surface area contributed by atoms with Gasteiger partial charge in [0, 0.05) is 6.54 Å². The van der Waals surface area contributed by atoms with Gasteiger partial charge in [0.25, 0.3) is 0 Å². The molecule has 0 saturated heterocycles. The smallest absolute Gasteiger partial charge is 0.304 e. The molecule has 0 aromatic rings. The highest BCUT2D eigenvalue weighted by molar-refractivity contribution is 5.66. The van der Waals surface area contributed by atoms with Gasteiger partial charge in [0.2, 0.25) is 0 Å². The van der Waals surface area contributed by atoms with Crippen LogP contribution >= 0.6 is 0 Å². The Labute approximate surface area is 99.8 Å². The van der Waals surface area contributed by atoms with E-state index in [-0.39, 0.29) is 6.42 Å².